The molecular weight excluding hydrogens is 328 g/mol. The number of benzene rings is 2. The molecule has 5 heteroatoms. The van der Waals surface area contributed by atoms with Crippen molar-refractivity contribution in [2.75, 3.05) is 20.2 Å². The van der Waals surface area contributed by atoms with Crippen LogP contribution in [0.4, 0.5) is 0 Å². The van der Waals surface area contributed by atoms with Crippen LogP contribution in [-0.4, -0.2) is 36.9 Å². The molecule has 1 fully saturated rings. The van der Waals surface area contributed by atoms with Gasteiger partial charge >= 0.3 is 0 Å². The van der Waals surface area contributed by atoms with E-state index in [1.54, 1.807) is 12.0 Å². The highest BCUT2D eigenvalue weighted by Crippen LogP contribution is 2.30. The first-order valence-corrected chi connectivity index (χ1v) is 8.79. The van der Waals surface area contributed by atoms with Gasteiger partial charge in [0.2, 0.25) is 5.91 Å². The SMILES string of the molecule is COc1c(C)cc(C(=O)N2CCNC(=O)CC2c2ccccc2)cc1C. The lowest BCUT2D eigenvalue weighted by atomic mass is 9.99. The zero-order chi connectivity index (χ0) is 18.7. The average molecular weight is 352 g/mol. The Balaban J connectivity index is 1.98. The number of carbonyl (C=O) groups is 2. The molecule has 2 aromatic rings. The standard InChI is InChI=1S/C21H24N2O3/c1-14-11-17(12-15(2)20(14)26-3)21(25)23-10-9-22-19(24)13-18(23)16-7-5-4-6-8-16/h4-8,11-12,18H,9-10,13H2,1-3H3,(H,22,24). The highest BCUT2D eigenvalue weighted by molar-refractivity contribution is 5.96. The predicted octanol–water partition coefficient (Wildman–Crippen LogP) is 3.02. The van der Waals surface area contributed by atoms with Gasteiger partial charge in [-0.2, -0.15) is 0 Å². The van der Waals surface area contributed by atoms with E-state index < -0.39 is 0 Å². The minimum absolute atomic E-state index is 0.0313. The quantitative estimate of drug-likeness (QED) is 0.924. The van der Waals surface area contributed by atoms with Crippen LogP contribution in [0.15, 0.2) is 42.5 Å². The second-order valence-electron chi connectivity index (χ2n) is 6.62. The number of hydrogen-bond donors (Lipinski definition) is 1. The molecule has 1 heterocycles. The number of nitrogens with zero attached hydrogens (tertiary/aromatic N) is 1. The van der Waals surface area contributed by atoms with E-state index >= 15 is 0 Å². The van der Waals surface area contributed by atoms with Crippen LogP contribution in [-0.2, 0) is 4.79 Å². The predicted molar refractivity (Wildman–Crippen MR) is 100 cm³/mol. The number of methoxy groups -OCH3 is 1. The summed E-state index contributed by atoms with van der Waals surface area (Å²) in [6, 6.07) is 13.2. The first-order chi connectivity index (χ1) is 12.5. The summed E-state index contributed by atoms with van der Waals surface area (Å²) < 4.78 is 5.40. The van der Waals surface area contributed by atoms with E-state index in [0.29, 0.717) is 18.7 Å². The molecule has 1 aliphatic heterocycles. The molecule has 0 aromatic heterocycles. The van der Waals surface area contributed by atoms with Crippen molar-refractivity contribution in [3.8, 4) is 5.75 Å². The van der Waals surface area contributed by atoms with Crippen LogP contribution in [0.2, 0.25) is 0 Å². The molecule has 0 radical (unpaired) electrons. The number of nitrogens with one attached hydrogen (secondary N) is 1. The molecule has 1 saturated heterocycles. The summed E-state index contributed by atoms with van der Waals surface area (Å²) >= 11 is 0. The summed E-state index contributed by atoms with van der Waals surface area (Å²) in [6.07, 6.45) is 0.268. The van der Waals surface area contributed by atoms with Crippen LogP contribution < -0.4 is 10.1 Å². The average Bonchev–Trinajstić information content (AvgIpc) is 2.83. The second kappa shape index (κ2) is 7.60. The lowest BCUT2D eigenvalue weighted by Gasteiger charge is -2.30. The van der Waals surface area contributed by atoms with Gasteiger partial charge in [0.15, 0.2) is 0 Å². The molecule has 1 atom stereocenters. The van der Waals surface area contributed by atoms with Crippen molar-refractivity contribution in [2.24, 2.45) is 0 Å². The zero-order valence-corrected chi connectivity index (χ0v) is 15.4. The molecule has 136 valence electrons. The Labute approximate surface area is 154 Å². The molecule has 1 unspecified atom stereocenters. The monoisotopic (exact) mass is 352 g/mol. The van der Waals surface area contributed by atoms with Gasteiger partial charge in [-0.15, -0.1) is 0 Å². The van der Waals surface area contributed by atoms with Crippen LogP contribution in [0.25, 0.3) is 0 Å². The third kappa shape index (κ3) is 3.57. The fourth-order valence-electron chi connectivity index (χ4n) is 3.61. The van der Waals surface area contributed by atoms with Crippen molar-refractivity contribution in [3.63, 3.8) is 0 Å². The maximum absolute atomic E-state index is 13.3. The normalized spacial score (nSPS) is 17.4. The molecule has 1 N–H and O–H groups in total. The molecule has 0 saturated carbocycles. The Morgan fingerprint density at radius 2 is 1.81 bits per heavy atom. The number of carbonyl (C=O) groups excluding carboxylic acids is 2. The third-order valence-electron chi connectivity index (χ3n) is 4.79. The fraction of sp³-hybridized carbons (Fsp3) is 0.333. The number of rotatable bonds is 3. The van der Waals surface area contributed by atoms with Crippen molar-refractivity contribution in [2.45, 2.75) is 26.3 Å². The topological polar surface area (TPSA) is 58.6 Å². The van der Waals surface area contributed by atoms with E-state index in [1.165, 1.54) is 0 Å². The van der Waals surface area contributed by atoms with Gasteiger partial charge in [-0.3, -0.25) is 9.59 Å². The Morgan fingerprint density at radius 1 is 1.15 bits per heavy atom. The fourth-order valence-corrected chi connectivity index (χ4v) is 3.61. The lowest BCUT2D eigenvalue weighted by molar-refractivity contribution is -0.121. The molecular formula is C21H24N2O3. The molecule has 2 aromatic carbocycles. The smallest absolute Gasteiger partial charge is 0.254 e. The number of hydrogen-bond acceptors (Lipinski definition) is 3. The molecule has 0 bridgehead atoms. The van der Waals surface area contributed by atoms with Crippen LogP contribution in [0.1, 0.15) is 39.5 Å². The van der Waals surface area contributed by atoms with Crippen molar-refractivity contribution in [1.82, 2.24) is 10.2 Å². The van der Waals surface area contributed by atoms with Gasteiger partial charge in [0.1, 0.15) is 5.75 Å². The first kappa shape index (κ1) is 18.0. The molecule has 0 aliphatic carbocycles. The van der Waals surface area contributed by atoms with E-state index in [-0.39, 0.29) is 24.3 Å². The first-order valence-electron chi connectivity index (χ1n) is 8.79. The molecule has 2 amide bonds. The van der Waals surface area contributed by atoms with Crippen LogP contribution in [0.3, 0.4) is 0 Å². The summed E-state index contributed by atoms with van der Waals surface area (Å²) in [5.74, 6) is 0.703. The van der Waals surface area contributed by atoms with Gasteiger partial charge in [0, 0.05) is 18.7 Å². The minimum Gasteiger partial charge on any atom is -0.496 e. The minimum atomic E-state index is -0.270. The van der Waals surface area contributed by atoms with Crippen molar-refractivity contribution < 1.29 is 14.3 Å². The summed E-state index contributed by atoms with van der Waals surface area (Å²) in [5, 5.41) is 2.87. The molecule has 0 spiro atoms. The Morgan fingerprint density at radius 3 is 2.42 bits per heavy atom. The van der Waals surface area contributed by atoms with E-state index in [1.807, 2.05) is 56.3 Å². The second-order valence-corrected chi connectivity index (χ2v) is 6.62. The largest absolute Gasteiger partial charge is 0.496 e. The van der Waals surface area contributed by atoms with E-state index in [2.05, 4.69) is 5.32 Å². The number of ether oxygens (including phenoxy) is 1. The summed E-state index contributed by atoms with van der Waals surface area (Å²) in [7, 11) is 1.63. The third-order valence-corrected chi connectivity index (χ3v) is 4.79. The molecule has 5 nitrogen and oxygen atoms in total. The Hall–Kier alpha value is -2.82. The van der Waals surface area contributed by atoms with Gasteiger partial charge in [-0.25, -0.2) is 0 Å². The maximum Gasteiger partial charge on any atom is 0.254 e. The molecule has 1 aliphatic rings. The number of aryl methyl sites for hydroxylation is 2. The molecule has 26 heavy (non-hydrogen) atoms. The summed E-state index contributed by atoms with van der Waals surface area (Å²) in [5.41, 5.74) is 3.45. The van der Waals surface area contributed by atoms with Gasteiger partial charge in [0.05, 0.1) is 19.6 Å². The van der Waals surface area contributed by atoms with E-state index in [0.717, 1.165) is 22.4 Å². The summed E-state index contributed by atoms with van der Waals surface area (Å²) in [4.78, 5) is 27.2. The highest BCUT2D eigenvalue weighted by atomic mass is 16.5. The van der Waals surface area contributed by atoms with Crippen LogP contribution >= 0.6 is 0 Å². The van der Waals surface area contributed by atoms with Crippen LogP contribution in [0.5, 0.6) is 5.75 Å². The Bertz CT molecular complexity index is 794. The van der Waals surface area contributed by atoms with Gasteiger partial charge in [-0.1, -0.05) is 30.3 Å². The molecule has 3 rings (SSSR count). The highest BCUT2D eigenvalue weighted by Gasteiger charge is 2.30. The van der Waals surface area contributed by atoms with Gasteiger partial charge in [0.25, 0.3) is 5.91 Å². The maximum atomic E-state index is 13.3. The van der Waals surface area contributed by atoms with Crippen LogP contribution in [0, 0.1) is 13.8 Å². The zero-order valence-electron chi connectivity index (χ0n) is 15.4. The van der Waals surface area contributed by atoms with Gasteiger partial charge < -0.3 is 15.0 Å². The Kier molecular flexibility index (Phi) is 5.26. The lowest BCUT2D eigenvalue weighted by Crippen LogP contribution is -2.36. The van der Waals surface area contributed by atoms with Gasteiger partial charge in [-0.05, 0) is 42.7 Å². The van der Waals surface area contributed by atoms with E-state index in [9.17, 15) is 9.59 Å². The van der Waals surface area contributed by atoms with E-state index in [4.69, 9.17) is 4.74 Å². The van der Waals surface area contributed by atoms with Crippen molar-refractivity contribution in [1.29, 1.82) is 0 Å². The summed E-state index contributed by atoms with van der Waals surface area (Å²) in [6.45, 7) is 4.81. The van der Waals surface area contributed by atoms with Crippen molar-refractivity contribution in [3.05, 3.63) is 64.7 Å². The van der Waals surface area contributed by atoms with Crippen molar-refractivity contribution >= 4 is 11.8 Å². The number of amides is 2.